The van der Waals surface area contributed by atoms with Crippen molar-refractivity contribution in [3.05, 3.63) is 46.7 Å². The van der Waals surface area contributed by atoms with E-state index < -0.39 is 0 Å². The second-order valence-electron chi connectivity index (χ2n) is 3.83. The monoisotopic (exact) mass is 230 g/mol. The lowest BCUT2D eigenvalue weighted by Gasteiger charge is -2.17. The molecule has 1 aromatic rings. The zero-order chi connectivity index (χ0) is 12.4. The number of ketones is 2. The van der Waals surface area contributed by atoms with Crippen LogP contribution < -0.4 is 0 Å². The molecule has 0 heterocycles. The number of rotatable bonds is 3. The molecule has 0 fully saturated rings. The van der Waals surface area contributed by atoms with E-state index in [0.717, 1.165) is 12.0 Å². The molecule has 0 amide bonds. The summed E-state index contributed by atoms with van der Waals surface area (Å²) in [6.45, 7) is 4.14. The Labute approximate surface area is 100 Å². The fourth-order valence-electron chi connectivity index (χ4n) is 2.02. The van der Waals surface area contributed by atoms with E-state index >= 15 is 0 Å². The average Bonchev–Trinajstić information content (AvgIpc) is 2.35. The van der Waals surface area contributed by atoms with Crippen molar-refractivity contribution in [1.29, 1.82) is 0 Å². The van der Waals surface area contributed by atoms with Gasteiger partial charge in [0, 0.05) is 17.2 Å². The van der Waals surface area contributed by atoms with Crippen LogP contribution in [0.4, 0.5) is 0 Å². The van der Waals surface area contributed by atoms with Crippen molar-refractivity contribution in [2.75, 3.05) is 6.61 Å². The van der Waals surface area contributed by atoms with Gasteiger partial charge in [0.1, 0.15) is 0 Å². The van der Waals surface area contributed by atoms with Gasteiger partial charge in [-0.2, -0.15) is 0 Å². The van der Waals surface area contributed by atoms with Gasteiger partial charge in [-0.15, -0.1) is 0 Å². The summed E-state index contributed by atoms with van der Waals surface area (Å²) in [5.74, 6) is -0.178. The van der Waals surface area contributed by atoms with Gasteiger partial charge in [-0.3, -0.25) is 9.59 Å². The van der Waals surface area contributed by atoms with E-state index in [4.69, 9.17) is 4.74 Å². The molecule has 0 bridgehead atoms. The normalized spacial score (nSPS) is 14.4. The molecule has 1 aliphatic carbocycles. The molecule has 0 spiro atoms. The Kier molecular flexibility index (Phi) is 3.09. The third kappa shape index (κ3) is 1.88. The Morgan fingerprint density at radius 1 is 1.18 bits per heavy atom. The number of carbonyl (C=O) groups excluding carboxylic acids is 2. The average molecular weight is 230 g/mol. The molecule has 1 aliphatic rings. The first-order valence-corrected chi connectivity index (χ1v) is 5.74. The van der Waals surface area contributed by atoms with E-state index in [1.54, 1.807) is 13.0 Å². The summed E-state index contributed by atoms with van der Waals surface area (Å²) >= 11 is 0. The van der Waals surface area contributed by atoms with Crippen LogP contribution in [0.5, 0.6) is 0 Å². The van der Waals surface area contributed by atoms with Crippen LogP contribution in [0.15, 0.2) is 30.0 Å². The number of aryl methyl sites for hydroxylation is 1. The summed E-state index contributed by atoms with van der Waals surface area (Å²) in [5, 5.41) is 0. The minimum Gasteiger partial charge on any atom is -0.490 e. The lowest BCUT2D eigenvalue weighted by atomic mass is 9.89. The first-order chi connectivity index (χ1) is 8.19. The first-order valence-electron chi connectivity index (χ1n) is 5.74. The van der Waals surface area contributed by atoms with Crippen molar-refractivity contribution in [2.45, 2.75) is 20.3 Å². The van der Waals surface area contributed by atoms with Crippen LogP contribution in [-0.4, -0.2) is 18.2 Å². The molecule has 0 aromatic heterocycles. The molecule has 0 aliphatic heterocycles. The highest BCUT2D eigenvalue weighted by Crippen LogP contribution is 2.25. The fraction of sp³-hybridized carbons (Fsp3) is 0.286. The van der Waals surface area contributed by atoms with Gasteiger partial charge >= 0.3 is 0 Å². The van der Waals surface area contributed by atoms with E-state index in [2.05, 4.69) is 0 Å². The molecule has 0 N–H and O–H groups in total. The third-order valence-electron chi connectivity index (χ3n) is 2.81. The van der Waals surface area contributed by atoms with Gasteiger partial charge < -0.3 is 4.74 Å². The zero-order valence-corrected chi connectivity index (χ0v) is 9.95. The minimum atomic E-state index is -0.182. The van der Waals surface area contributed by atoms with Crippen LogP contribution in [0.1, 0.15) is 40.1 Å². The molecule has 17 heavy (non-hydrogen) atoms. The van der Waals surface area contributed by atoms with Gasteiger partial charge in [-0.25, -0.2) is 0 Å². The molecule has 0 unspecified atom stereocenters. The van der Waals surface area contributed by atoms with Crippen molar-refractivity contribution < 1.29 is 14.3 Å². The SMILES string of the molecule is CCOC1=CC(=O)c2cccc(CC)c2C1=O. The number of carbonyl (C=O) groups is 2. The largest absolute Gasteiger partial charge is 0.490 e. The number of allylic oxidation sites excluding steroid dienone is 2. The maximum atomic E-state index is 12.2. The molecule has 0 saturated carbocycles. The van der Waals surface area contributed by atoms with Crippen molar-refractivity contribution in [2.24, 2.45) is 0 Å². The quantitative estimate of drug-likeness (QED) is 0.801. The molecule has 3 nitrogen and oxygen atoms in total. The molecule has 1 aromatic carbocycles. The topological polar surface area (TPSA) is 43.4 Å². The first kappa shape index (κ1) is 11.6. The lowest BCUT2D eigenvalue weighted by Crippen LogP contribution is -2.20. The van der Waals surface area contributed by atoms with Gasteiger partial charge in [0.05, 0.1) is 6.61 Å². The number of Topliss-reactive ketones (excluding diaryl/α,β-unsaturated/α-hetero) is 1. The highest BCUT2D eigenvalue weighted by Gasteiger charge is 2.28. The number of fused-ring (bicyclic) bond motifs is 1. The predicted molar refractivity (Wildman–Crippen MR) is 64.2 cm³/mol. The van der Waals surface area contributed by atoms with Gasteiger partial charge in [-0.1, -0.05) is 25.1 Å². The molecular weight excluding hydrogens is 216 g/mol. The van der Waals surface area contributed by atoms with Crippen LogP contribution in [-0.2, 0) is 11.2 Å². The number of benzene rings is 1. The third-order valence-corrected chi connectivity index (χ3v) is 2.81. The van der Waals surface area contributed by atoms with E-state index in [9.17, 15) is 9.59 Å². The minimum absolute atomic E-state index is 0.154. The summed E-state index contributed by atoms with van der Waals surface area (Å²) in [6, 6.07) is 5.37. The summed E-state index contributed by atoms with van der Waals surface area (Å²) in [5.41, 5.74) is 1.88. The van der Waals surface area contributed by atoms with Crippen LogP contribution in [0.25, 0.3) is 0 Å². The fourth-order valence-corrected chi connectivity index (χ4v) is 2.02. The molecule has 0 atom stereocenters. The van der Waals surface area contributed by atoms with Crippen molar-refractivity contribution in [1.82, 2.24) is 0 Å². The van der Waals surface area contributed by atoms with Crippen molar-refractivity contribution in [3.63, 3.8) is 0 Å². The second kappa shape index (κ2) is 4.53. The van der Waals surface area contributed by atoms with E-state index in [1.807, 2.05) is 19.1 Å². The number of hydrogen-bond donors (Lipinski definition) is 0. The summed E-state index contributed by atoms with van der Waals surface area (Å²) < 4.78 is 5.21. The standard InChI is InChI=1S/C14H14O3/c1-3-9-6-5-7-10-11(15)8-12(17-4-2)14(16)13(9)10/h5-8H,3-4H2,1-2H3. The van der Waals surface area contributed by atoms with Gasteiger partial charge in [0.2, 0.25) is 5.78 Å². The van der Waals surface area contributed by atoms with Crippen LogP contribution >= 0.6 is 0 Å². The van der Waals surface area contributed by atoms with E-state index in [1.165, 1.54) is 6.08 Å². The Morgan fingerprint density at radius 3 is 2.59 bits per heavy atom. The van der Waals surface area contributed by atoms with Gasteiger partial charge in [-0.05, 0) is 18.9 Å². The Morgan fingerprint density at radius 2 is 1.94 bits per heavy atom. The summed E-state index contributed by atoms with van der Waals surface area (Å²) in [7, 11) is 0. The predicted octanol–water partition coefficient (Wildman–Crippen LogP) is 2.55. The Bertz CT molecular complexity index is 512. The second-order valence-corrected chi connectivity index (χ2v) is 3.83. The van der Waals surface area contributed by atoms with Crippen LogP contribution in [0, 0.1) is 0 Å². The maximum Gasteiger partial charge on any atom is 0.228 e. The molecule has 0 radical (unpaired) electrons. The van der Waals surface area contributed by atoms with Crippen molar-refractivity contribution >= 4 is 11.6 Å². The Balaban J connectivity index is 2.57. The lowest BCUT2D eigenvalue weighted by molar-refractivity contribution is 0.0891. The van der Waals surface area contributed by atoms with Crippen LogP contribution in [0.3, 0.4) is 0 Å². The zero-order valence-electron chi connectivity index (χ0n) is 9.95. The van der Waals surface area contributed by atoms with E-state index in [-0.39, 0.29) is 17.3 Å². The van der Waals surface area contributed by atoms with Crippen LogP contribution in [0.2, 0.25) is 0 Å². The molecule has 0 saturated heterocycles. The molecule has 88 valence electrons. The summed E-state index contributed by atoms with van der Waals surface area (Å²) in [4.78, 5) is 24.1. The maximum absolute atomic E-state index is 12.2. The highest BCUT2D eigenvalue weighted by atomic mass is 16.5. The number of ether oxygens (including phenoxy) is 1. The molecule has 2 rings (SSSR count). The van der Waals surface area contributed by atoms with Gasteiger partial charge in [0.25, 0.3) is 0 Å². The number of hydrogen-bond acceptors (Lipinski definition) is 3. The summed E-state index contributed by atoms with van der Waals surface area (Å²) in [6.07, 6.45) is 2.01. The van der Waals surface area contributed by atoms with Gasteiger partial charge in [0.15, 0.2) is 11.5 Å². The smallest absolute Gasteiger partial charge is 0.228 e. The highest BCUT2D eigenvalue weighted by molar-refractivity contribution is 6.24. The molecular formula is C14H14O3. The van der Waals surface area contributed by atoms with Crippen molar-refractivity contribution in [3.8, 4) is 0 Å². The van der Waals surface area contributed by atoms with E-state index in [0.29, 0.717) is 17.7 Å². The Hall–Kier alpha value is -1.90. The molecule has 3 heteroatoms.